The third-order valence-corrected chi connectivity index (χ3v) is 4.00. The van der Waals surface area contributed by atoms with Crippen LogP contribution < -0.4 is 5.73 Å². The van der Waals surface area contributed by atoms with E-state index in [1.54, 1.807) is 0 Å². The molecule has 2 heterocycles. The van der Waals surface area contributed by atoms with Gasteiger partial charge >= 0.3 is 0 Å². The SMILES string of the molecule is CCc1nn(C)c2c1nc(N)n2CCN(C)C1CC1. The molecule has 0 unspecified atom stereocenters. The van der Waals surface area contributed by atoms with Crippen LogP contribution in [0, 0.1) is 0 Å². The number of rotatable bonds is 5. The van der Waals surface area contributed by atoms with Crippen molar-refractivity contribution in [1.82, 2.24) is 24.2 Å². The second-order valence-electron chi connectivity index (χ2n) is 5.43. The third-order valence-electron chi connectivity index (χ3n) is 4.00. The maximum atomic E-state index is 6.06. The number of hydrogen-bond acceptors (Lipinski definition) is 4. The summed E-state index contributed by atoms with van der Waals surface area (Å²) in [6, 6.07) is 0.776. The predicted octanol–water partition coefficient (Wildman–Crippen LogP) is 1.01. The first-order chi connectivity index (χ1) is 9.11. The standard InChI is InChI=1S/C13H22N6/c1-4-10-11-12(18(3)16-10)19(13(14)15-11)8-7-17(2)9-5-6-9/h9H,4-8H2,1-3H3,(H2,14,15). The van der Waals surface area contributed by atoms with Crippen molar-refractivity contribution in [2.75, 3.05) is 19.3 Å². The highest BCUT2D eigenvalue weighted by atomic mass is 15.4. The fourth-order valence-corrected chi connectivity index (χ4v) is 2.67. The van der Waals surface area contributed by atoms with Crippen molar-refractivity contribution in [3.05, 3.63) is 5.69 Å². The van der Waals surface area contributed by atoms with Crippen LogP contribution in [-0.4, -0.2) is 43.9 Å². The van der Waals surface area contributed by atoms with Gasteiger partial charge in [-0.25, -0.2) is 4.98 Å². The zero-order valence-corrected chi connectivity index (χ0v) is 11.9. The van der Waals surface area contributed by atoms with Crippen LogP contribution in [0.15, 0.2) is 0 Å². The molecule has 0 aromatic carbocycles. The fraction of sp³-hybridized carbons (Fsp3) is 0.692. The van der Waals surface area contributed by atoms with Crippen LogP contribution in [0.1, 0.15) is 25.5 Å². The van der Waals surface area contributed by atoms with Gasteiger partial charge in [-0.1, -0.05) is 6.92 Å². The van der Waals surface area contributed by atoms with E-state index in [2.05, 4.69) is 33.5 Å². The zero-order valence-electron chi connectivity index (χ0n) is 11.9. The minimum atomic E-state index is 0.599. The van der Waals surface area contributed by atoms with Gasteiger partial charge in [0.05, 0.1) is 5.69 Å². The van der Waals surface area contributed by atoms with Crippen molar-refractivity contribution in [3.63, 3.8) is 0 Å². The molecule has 0 radical (unpaired) electrons. The molecule has 104 valence electrons. The Labute approximate surface area is 113 Å². The Morgan fingerprint density at radius 2 is 2.16 bits per heavy atom. The topological polar surface area (TPSA) is 64.9 Å². The van der Waals surface area contributed by atoms with E-state index < -0.39 is 0 Å². The van der Waals surface area contributed by atoms with Crippen LogP contribution in [-0.2, 0) is 20.0 Å². The Morgan fingerprint density at radius 3 is 2.79 bits per heavy atom. The molecule has 0 atom stereocenters. The van der Waals surface area contributed by atoms with Crippen LogP contribution in [0.5, 0.6) is 0 Å². The second-order valence-corrected chi connectivity index (χ2v) is 5.43. The molecular formula is C13H22N6. The molecule has 1 saturated carbocycles. The van der Waals surface area contributed by atoms with E-state index in [4.69, 9.17) is 5.73 Å². The van der Waals surface area contributed by atoms with Crippen LogP contribution in [0.3, 0.4) is 0 Å². The summed E-state index contributed by atoms with van der Waals surface area (Å²) in [6.45, 7) is 3.98. The number of aromatic nitrogens is 4. The summed E-state index contributed by atoms with van der Waals surface area (Å²) in [7, 11) is 4.15. The van der Waals surface area contributed by atoms with Crippen LogP contribution in [0.25, 0.3) is 11.2 Å². The molecule has 0 spiro atoms. The van der Waals surface area contributed by atoms with Crippen LogP contribution in [0.4, 0.5) is 5.95 Å². The lowest BCUT2D eigenvalue weighted by atomic mass is 10.3. The minimum Gasteiger partial charge on any atom is -0.369 e. The average Bonchev–Trinajstić information content (AvgIpc) is 3.12. The number of imidazole rings is 1. The number of anilines is 1. The van der Waals surface area contributed by atoms with Gasteiger partial charge in [-0.05, 0) is 26.3 Å². The summed E-state index contributed by atoms with van der Waals surface area (Å²) in [5.74, 6) is 0.599. The van der Waals surface area contributed by atoms with Gasteiger partial charge in [0.15, 0.2) is 5.65 Å². The molecule has 1 aliphatic rings. The van der Waals surface area contributed by atoms with E-state index in [-0.39, 0.29) is 0 Å². The molecule has 1 fully saturated rings. The van der Waals surface area contributed by atoms with E-state index >= 15 is 0 Å². The lowest BCUT2D eigenvalue weighted by Gasteiger charge is -2.16. The summed E-state index contributed by atoms with van der Waals surface area (Å²) < 4.78 is 3.98. The van der Waals surface area contributed by atoms with E-state index in [1.807, 2.05) is 11.7 Å². The van der Waals surface area contributed by atoms with E-state index in [1.165, 1.54) is 12.8 Å². The summed E-state index contributed by atoms with van der Waals surface area (Å²) in [6.07, 6.45) is 3.55. The van der Waals surface area contributed by atoms with Crippen LogP contribution >= 0.6 is 0 Å². The Hall–Kier alpha value is -1.56. The Bertz CT molecular complexity index is 592. The van der Waals surface area contributed by atoms with Gasteiger partial charge in [0.1, 0.15) is 5.52 Å². The van der Waals surface area contributed by atoms with Crippen molar-refractivity contribution < 1.29 is 0 Å². The van der Waals surface area contributed by atoms with Crippen LogP contribution in [0.2, 0.25) is 0 Å². The number of hydrogen-bond donors (Lipinski definition) is 1. The minimum absolute atomic E-state index is 0.599. The second kappa shape index (κ2) is 4.52. The van der Waals surface area contributed by atoms with E-state index in [0.29, 0.717) is 5.95 Å². The molecule has 2 aromatic rings. The van der Waals surface area contributed by atoms with Gasteiger partial charge in [0.25, 0.3) is 0 Å². The largest absolute Gasteiger partial charge is 0.369 e. The first-order valence-electron chi connectivity index (χ1n) is 6.99. The number of aryl methyl sites for hydroxylation is 2. The molecule has 0 bridgehead atoms. The van der Waals surface area contributed by atoms with Gasteiger partial charge in [0.2, 0.25) is 5.95 Å². The molecule has 0 saturated heterocycles. The number of nitrogen functional groups attached to an aromatic ring is 1. The highest BCUT2D eigenvalue weighted by Gasteiger charge is 2.26. The Kier molecular flexibility index (Phi) is 2.97. The maximum absolute atomic E-state index is 6.06. The molecule has 2 aromatic heterocycles. The van der Waals surface area contributed by atoms with Gasteiger partial charge in [-0.15, -0.1) is 0 Å². The van der Waals surface area contributed by atoms with E-state index in [9.17, 15) is 0 Å². The maximum Gasteiger partial charge on any atom is 0.202 e. The Morgan fingerprint density at radius 1 is 1.42 bits per heavy atom. The molecule has 6 heteroatoms. The summed E-state index contributed by atoms with van der Waals surface area (Å²) >= 11 is 0. The smallest absolute Gasteiger partial charge is 0.202 e. The highest BCUT2D eigenvalue weighted by molar-refractivity contribution is 5.77. The van der Waals surface area contributed by atoms with Crippen molar-refractivity contribution >= 4 is 17.1 Å². The number of nitrogens with zero attached hydrogens (tertiary/aromatic N) is 5. The van der Waals surface area contributed by atoms with Crippen molar-refractivity contribution in [2.24, 2.45) is 7.05 Å². The summed E-state index contributed by atoms with van der Waals surface area (Å²) in [5.41, 5.74) is 9.08. The van der Waals surface area contributed by atoms with Gasteiger partial charge < -0.3 is 10.6 Å². The van der Waals surface area contributed by atoms with Gasteiger partial charge in [-0.3, -0.25) is 9.25 Å². The molecule has 3 rings (SSSR count). The first-order valence-corrected chi connectivity index (χ1v) is 6.99. The first kappa shape index (κ1) is 12.5. The molecule has 0 aliphatic heterocycles. The molecular weight excluding hydrogens is 240 g/mol. The normalized spacial score (nSPS) is 15.8. The fourth-order valence-electron chi connectivity index (χ4n) is 2.67. The molecule has 19 heavy (non-hydrogen) atoms. The molecule has 1 aliphatic carbocycles. The lowest BCUT2D eigenvalue weighted by Crippen LogP contribution is -2.26. The monoisotopic (exact) mass is 262 g/mol. The predicted molar refractivity (Wildman–Crippen MR) is 75.9 cm³/mol. The number of likely N-dealkylation sites (N-methyl/N-ethyl adjacent to an activating group) is 1. The lowest BCUT2D eigenvalue weighted by molar-refractivity contribution is 0.311. The molecule has 6 nitrogen and oxygen atoms in total. The number of fused-ring (bicyclic) bond motifs is 1. The highest BCUT2D eigenvalue weighted by Crippen LogP contribution is 2.26. The Balaban J connectivity index is 1.89. The average molecular weight is 262 g/mol. The summed E-state index contributed by atoms with van der Waals surface area (Å²) in [4.78, 5) is 6.89. The number of nitrogens with two attached hydrogens (primary N) is 1. The third kappa shape index (κ3) is 2.10. The van der Waals surface area contributed by atoms with Gasteiger partial charge in [-0.2, -0.15) is 5.10 Å². The zero-order chi connectivity index (χ0) is 13.6. The van der Waals surface area contributed by atoms with Gasteiger partial charge in [0, 0.05) is 26.2 Å². The quantitative estimate of drug-likeness (QED) is 0.873. The van der Waals surface area contributed by atoms with Crippen molar-refractivity contribution in [3.8, 4) is 0 Å². The van der Waals surface area contributed by atoms with Crippen molar-refractivity contribution in [2.45, 2.75) is 38.8 Å². The molecule has 2 N–H and O–H groups in total. The summed E-state index contributed by atoms with van der Waals surface area (Å²) in [5, 5.41) is 4.51. The van der Waals surface area contributed by atoms with E-state index in [0.717, 1.165) is 42.4 Å². The van der Waals surface area contributed by atoms with Crippen molar-refractivity contribution in [1.29, 1.82) is 0 Å². The molecule has 0 amide bonds.